The molecule has 0 unspecified atom stereocenters. The average molecular weight is 348 g/mol. The molecule has 1 fully saturated rings. The molecule has 1 aromatic carbocycles. The maximum Gasteiger partial charge on any atom is 0.317 e. The predicted octanol–water partition coefficient (Wildman–Crippen LogP) is 2.79. The number of nitrogens with one attached hydrogen (secondary N) is 1. The topological polar surface area (TPSA) is 48.5 Å². The molecule has 1 N–H and O–H groups in total. The first-order chi connectivity index (χ1) is 11.5. The van der Waals surface area contributed by atoms with Crippen LogP contribution in [0.15, 0.2) is 29.6 Å². The van der Waals surface area contributed by atoms with Crippen LogP contribution < -0.4 is 5.32 Å². The molecule has 1 saturated heterocycles. The van der Waals surface area contributed by atoms with Crippen LogP contribution in [0.1, 0.15) is 11.4 Å². The largest absolute Gasteiger partial charge is 0.331 e. The number of hydrogen-bond acceptors (Lipinski definition) is 4. The van der Waals surface area contributed by atoms with Gasteiger partial charge < -0.3 is 15.1 Å². The Balaban J connectivity index is 1.54. The third-order valence-electron chi connectivity index (χ3n) is 4.26. The molecule has 0 aliphatic carbocycles. The van der Waals surface area contributed by atoms with Crippen LogP contribution in [0, 0.1) is 5.82 Å². The Morgan fingerprint density at radius 3 is 2.83 bits per heavy atom. The van der Waals surface area contributed by atoms with Gasteiger partial charge in [0.1, 0.15) is 10.8 Å². The Kier molecular flexibility index (Phi) is 5.11. The molecule has 5 nitrogen and oxygen atoms in total. The number of urea groups is 1. The molecule has 128 valence electrons. The van der Waals surface area contributed by atoms with Gasteiger partial charge in [0.05, 0.1) is 12.2 Å². The quantitative estimate of drug-likeness (QED) is 0.924. The lowest BCUT2D eigenvalue weighted by Gasteiger charge is -2.20. The molecule has 2 aromatic rings. The maximum absolute atomic E-state index is 13.0. The lowest BCUT2D eigenvalue weighted by atomic mass is 10.2. The van der Waals surface area contributed by atoms with Crippen LogP contribution in [0.4, 0.5) is 9.18 Å². The van der Waals surface area contributed by atoms with Gasteiger partial charge in [-0.15, -0.1) is 11.3 Å². The second kappa shape index (κ2) is 7.27. The average Bonchev–Trinajstić information content (AvgIpc) is 3.23. The van der Waals surface area contributed by atoms with E-state index in [4.69, 9.17) is 0 Å². The summed E-state index contributed by atoms with van der Waals surface area (Å²) >= 11 is 1.49. The van der Waals surface area contributed by atoms with Gasteiger partial charge in [0.2, 0.25) is 0 Å². The summed E-state index contributed by atoms with van der Waals surface area (Å²) in [4.78, 5) is 20.7. The molecule has 2 amide bonds. The van der Waals surface area contributed by atoms with E-state index in [1.165, 1.54) is 23.5 Å². The fourth-order valence-electron chi connectivity index (χ4n) is 2.76. The zero-order valence-electron chi connectivity index (χ0n) is 13.8. The minimum absolute atomic E-state index is 0.0436. The Hall–Kier alpha value is -1.99. The molecule has 3 rings (SSSR count). The van der Waals surface area contributed by atoms with Crippen LogP contribution in [-0.4, -0.2) is 54.0 Å². The molecule has 0 bridgehead atoms. The van der Waals surface area contributed by atoms with Gasteiger partial charge >= 0.3 is 6.03 Å². The van der Waals surface area contributed by atoms with Gasteiger partial charge in [0.25, 0.3) is 0 Å². The Bertz CT molecular complexity index is 701. The summed E-state index contributed by atoms with van der Waals surface area (Å²) in [7, 11) is 4.08. The van der Waals surface area contributed by atoms with Crippen LogP contribution in [0.25, 0.3) is 11.3 Å². The minimum Gasteiger partial charge on any atom is -0.331 e. The van der Waals surface area contributed by atoms with Gasteiger partial charge in [-0.3, -0.25) is 0 Å². The van der Waals surface area contributed by atoms with Crippen molar-refractivity contribution < 1.29 is 9.18 Å². The molecule has 0 radical (unpaired) electrons. The summed E-state index contributed by atoms with van der Waals surface area (Å²) in [5.74, 6) is -0.261. The zero-order valence-corrected chi connectivity index (χ0v) is 14.6. The number of halogens is 1. The van der Waals surface area contributed by atoms with Gasteiger partial charge in [0.15, 0.2) is 0 Å². The fraction of sp³-hybridized carbons (Fsp3) is 0.412. The normalized spacial score (nSPS) is 17.5. The van der Waals surface area contributed by atoms with Crippen molar-refractivity contribution in [2.45, 2.75) is 19.0 Å². The molecule has 2 heterocycles. The number of likely N-dealkylation sites (tertiary alicyclic amines) is 1. The second-order valence-corrected chi connectivity index (χ2v) is 7.09. The summed E-state index contributed by atoms with van der Waals surface area (Å²) in [5.41, 5.74) is 1.68. The van der Waals surface area contributed by atoms with Crippen molar-refractivity contribution in [3.63, 3.8) is 0 Å². The molecule has 0 saturated carbocycles. The predicted molar refractivity (Wildman–Crippen MR) is 93.4 cm³/mol. The summed E-state index contributed by atoms with van der Waals surface area (Å²) in [6.07, 6.45) is 1.01. The molecule has 1 atom stereocenters. The number of likely N-dealkylation sites (N-methyl/N-ethyl adjacent to an activating group) is 1. The van der Waals surface area contributed by atoms with Crippen molar-refractivity contribution in [1.82, 2.24) is 20.1 Å². The van der Waals surface area contributed by atoms with Gasteiger partial charge in [-0.05, 0) is 44.8 Å². The Morgan fingerprint density at radius 1 is 1.42 bits per heavy atom. The van der Waals surface area contributed by atoms with E-state index in [0.29, 0.717) is 12.6 Å². The maximum atomic E-state index is 13.0. The number of thiazole rings is 1. The van der Waals surface area contributed by atoms with Crippen LogP contribution in [-0.2, 0) is 6.54 Å². The number of rotatable bonds is 4. The SMILES string of the molecule is CN(C)[C@@H]1CCN(C(=O)NCc2nc(-c3ccc(F)cc3)cs2)C1. The van der Waals surface area contributed by atoms with Crippen molar-refractivity contribution in [3.05, 3.63) is 40.5 Å². The molecule has 0 spiro atoms. The number of amides is 2. The van der Waals surface area contributed by atoms with Gasteiger partial charge in [-0.25, -0.2) is 14.2 Å². The Morgan fingerprint density at radius 2 is 2.17 bits per heavy atom. The molecule has 1 aliphatic heterocycles. The summed E-state index contributed by atoms with van der Waals surface area (Å²) in [5, 5.41) is 5.69. The van der Waals surface area contributed by atoms with E-state index in [9.17, 15) is 9.18 Å². The third-order valence-corrected chi connectivity index (χ3v) is 5.11. The third kappa shape index (κ3) is 3.91. The summed E-state index contributed by atoms with van der Waals surface area (Å²) in [6, 6.07) is 6.64. The van der Waals surface area contributed by atoms with E-state index in [1.54, 1.807) is 12.1 Å². The van der Waals surface area contributed by atoms with Crippen molar-refractivity contribution in [2.75, 3.05) is 27.2 Å². The number of hydrogen-bond donors (Lipinski definition) is 1. The molecule has 1 aliphatic rings. The fourth-order valence-corrected chi connectivity index (χ4v) is 3.50. The highest BCUT2D eigenvalue weighted by Gasteiger charge is 2.27. The van der Waals surface area contributed by atoms with Crippen molar-refractivity contribution in [3.8, 4) is 11.3 Å². The monoisotopic (exact) mass is 348 g/mol. The summed E-state index contributed by atoms with van der Waals surface area (Å²) in [6.45, 7) is 1.96. The number of carbonyl (C=O) groups is 1. The first-order valence-electron chi connectivity index (χ1n) is 7.92. The molecule has 1 aromatic heterocycles. The van der Waals surface area contributed by atoms with Crippen molar-refractivity contribution in [2.24, 2.45) is 0 Å². The van der Waals surface area contributed by atoms with E-state index < -0.39 is 0 Å². The molecular formula is C17H21FN4OS. The lowest BCUT2D eigenvalue weighted by molar-refractivity contribution is 0.203. The van der Waals surface area contributed by atoms with E-state index in [-0.39, 0.29) is 11.8 Å². The number of nitrogens with zero attached hydrogens (tertiary/aromatic N) is 3. The number of aromatic nitrogens is 1. The van der Waals surface area contributed by atoms with Crippen LogP contribution in [0.5, 0.6) is 0 Å². The smallest absolute Gasteiger partial charge is 0.317 e. The van der Waals surface area contributed by atoms with E-state index in [1.807, 2.05) is 24.4 Å². The zero-order chi connectivity index (χ0) is 17.1. The van der Waals surface area contributed by atoms with Crippen LogP contribution in [0.3, 0.4) is 0 Å². The number of carbonyl (C=O) groups excluding carboxylic acids is 1. The highest BCUT2D eigenvalue weighted by Crippen LogP contribution is 2.22. The summed E-state index contributed by atoms with van der Waals surface area (Å²) < 4.78 is 13.0. The Labute approximate surface area is 145 Å². The lowest BCUT2D eigenvalue weighted by Crippen LogP contribution is -2.40. The van der Waals surface area contributed by atoms with Crippen LogP contribution >= 0.6 is 11.3 Å². The van der Waals surface area contributed by atoms with Crippen LogP contribution in [0.2, 0.25) is 0 Å². The second-order valence-electron chi connectivity index (χ2n) is 6.14. The standard InChI is InChI=1S/C17H21FN4OS/c1-21(2)14-7-8-22(10-14)17(23)19-9-16-20-15(11-24-16)12-3-5-13(18)6-4-12/h3-6,11,14H,7-10H2,1-2H3,(H,19,23)/t14-/m1/s1. The van der Waals surface area contributed by atoms with Gasteiger partial charge in [-0.1, -0.05) is 0 Å². The first-order valence-corrected chi connectivity index (χ1v) is 8.80. The molecular weight excluding hydrogens is 327 g/mol. The van der Waals surface area contributed by atoms with E-state index in [2.05, 4.69) is 15.2 Å². The van der Waals surface area contributed by atoms with E-state index >= 15 is 0 Å². The van der Waals surface area contributed by atoms with Crippen molar-refractivity contribution in [1.29, 1.82) is 0 Å². The highest BCUT2D eigenvalue weighted by molar-refractivity contribution is 7.09. The van der Waals surface area contributed by atoms with Crippen molar-refractivity contribution >= 4 is 17.4 Å². The minimum atomic E-state index is -0.261. The molecule has 7 heteroatoms. The van der Waals surface area contributed by atoms with E-state index in [0.717, 1.165) is 35.8 Å². The van der Waals surface area contributed by atoms with Gasteiger partial charge in [0, 0.05) is 30.1 Å². The van der Waals surface area contributed by atoms with Gasteiger partial charge in [-0.2, -0.15) is 0 Å². The molecule has 24 heavy (non-hydrogen) atoms. The highest BCUT2D eigenvalue weighted by atomic mass is 32.1. The number of benzene rings is 1. The first kappa shape index (κ1) is 16.9.